The van der Waals surface area contributed by atoms with E-state index >= 15 is 0 Å². The molecule has 1 saturated heterocycles. The lowest BCUT2D eigenvalue weighted by molar-refractivity contribution is -0.141. The first-order chi connectivity index (χ1) is 8.50. The Morgan fingerprint density at radius 1 is 1.28 bits per heavy atom. The molecule has 6 heteroatoms. The zero-order valence-electron chi connectivity index (χ0n) is 9.75. The first kappa shape index (κ1) is 13.1. The molecule has 0 aromatic carbocycles. The van der Waals surface area contributed by atoms with Crippen LogP contribution in [0.5, 0.6) is 0 Å². The average molecular weight is 262 g/mol. The predicted molar refractivity (Wildman–Crippen MR) is 60.2 cm³/mol. The van der Waals surface area contributed by atoms with E-state index in [1.807, 2.05) is 4.90 Å². The van der Waals surface area contributed by atoms with Gasteiger partial charge in [-0.3, -0.25) is 9.37 Å². The van der Waals surface area contributed by atoms with Gasteiger partial charge in [-0.25, -0.2) is 0 Å². The van der Waals surface area contributed by atoms with Crippen molar-refractivity contribution in [2.75, 3.05) is 24.7 Å². The summed E-state index contributed by atoms with van der Waals surface area (Å²) in [7, 11) is 0. The molecule has 1 aliphatic heterocycles. The van der Waals surface area contributed by atoms with Crippen molar-refractivity contribution in [1.82, 2.24) is 4.98 Å². The highest BCUT2D eigenvalue weighted by molar-refractivity contribution is 5.47. The van der Waals surface area contributed by atoms with Gasteiger partial charge in [-0.1, -0.05) is 0 Å². The van der Waals surface area contributed by atoms with Gasteiger partial charge >= 0.3 is 6.18 Å². The Kier molecular flexibility index (Phi) is 3.73. The van der Waals surface area contributed by atoms with Gasteiger partial charge in [-0.05, 0) is 30.9 Å². The van der Waals surface area contributed by atoms with Crippen LogP contribution in [0, 0.1) is 5.92 Å². The van der Waals surface area contributed by atoms with Crippen LogP contribution in [0.15, 0.2) is 18.3 Å². The molecule has 0 unspecified atom stereocenters. The van der Waals surface area contributed by atoms with Crippen LogP contribution >= 0.6 is 0 Å². The lowest BCUT2D eigenvalue weighted by Crippen LogP contribution is -2.34. The summed E-state index contributed by atoms with van der Waals surface area (Å²) in [5, 5.41) is 0. The van der Waals surface area contributed by atoms with E-state index in [4.69, 9.17) is 0 Å². The third kappa shape index (κ3) is 2.91. The number of pyridine rings is 1. The van der Waals surface area contributed by atoms with Crippen LogP contribution in [-0.2, 0) is 6.18 Å². The number of anilines is 1. The largest absolute Gasteiger partial charge is 0.433 e. The number of halogens is 4. The molecule has 0 atom stereocenters. The maximum atomic E-state index is 12.5. The van der Waals surface area contributed by atoms with Gasteiger partial charge < -0.3 is 4.90 Å². The minimum Gasteiger partial charge on any atom is -0.371 e. The van der Waals surface area contributed by atoms with Gasteiger partial charge in [0.05, 0.1) is 6.67 Å². The molecule has 0 bridgehead atoms. The molecular weight excluding hydrogens is 248 g/mol. The fourth-order valence-electron chi connectivity index (χ4n) is 2.12. The number of rotatable bonds is 2. The summed E-state index contributed by atoms with van der Waals surface area (Å²) in [6.45, 7) is 0.837. The number of hydrogen-bond acceptors (Lipinski definition) is 2. The van der Waals surface area contributed by atoms with E-state index in [0.29, 0.717) is 31.6 Å². The SMILES string of the molecule is FCC1CCN(c2ccnc(C(F)(F)F)c2)CC1. The number of hydrogen-bond donors (Lipinski definition) is 0. The quantitative estimate of drug-likeness (QED) is 0.760. The number of alkyl halides is 4. The van der Waals surface area contributed by atoms with E-state index < -0.39 is 11.9 Å². The summed E-state index contributed by atoms with van der Waals surface area (Å²) in [6.07, 6.45) is -1.90. The van der Waals surface area contributed by atoms with Gasteiger partial charge in [0, 0.05) is 25.0 Å². The first-order valence-corrected chi connectivity index (χ1v) is 5.85. The highest BCUT2D eigenvalue weighted by Crippen LogP contribution is 2.31. The van der Waals surface area contributed by atoms with Crippen LogP contribution in [0.2, 0.25) is 0 Å². The summed E-state index contributed by atoms with van der Waals surface area (Å²) in [5.74, 6) is 0.0465. The molecule has 1 aromatic rings. The fourth-order valence-corrected chi connectivity index (χ4v) is 2.12. The minimum absolute atomic E-state index is 0.0465. The smallest absolute Gasteiger partial charge is 0.371 e. The maximum Gasteiger partial charge on any atom is 0.433 e. The van der Waals surface area contributed by atoms with Crippen molar-refractivity contribution in [3.63, 3.8) is 0 Å². The zero-order chi connectivity index (χ0) is 13.2. The molecule has 18 heavy (non-hydrogen) atoms. The van der Waals surface area contributed by atoms with Gasteiger partial charge in [0.25, 0.3) is 0 Å². The van der Waals surface area contributed by atoms with E-state index in [1.165, 1.54) is 6.20 Å². The molecular formula is C12H14F4N2. The Morgan fingerprint density at radius 2 is 1.94 bits per heavy atom. The second kappa shape index (κ2) is 5.12. The second-order valence-corrected chi connectivity index (χ2v) is 4.48. The lowest BCUT2D eigenvalue weighted by atomic mass is 9.98. The average Bonchev–Trinajstić information content (AvgIpc) is 2.38. The third-order valence-corrected chi connectivity index (χ3v) is 3.23. The van der Waals surface area contributed by atoms with E-state index in [1.54, 1.807) is 6.07 Å². The Morgan fingerprint density at radius 3 is 2.50 bits per heavy atom. The van der Waals surface area contributed by atoms with E-state index in [0.717, 1.165) is 6.07 Å². The molecule has 1 aromatic heterocycles. The van der Waals surface area contributed by atoms with Gasteiger partial charge in [-0.15, -0.1) is 0 Å². The molecule has 0 aliphatic carbocycles. The molecule has 1 fully saturated rings. The molecule has 0 spiro atoms. The van der Waals surface area contributed by atoms with Crippen molar-refractivity contribution >= 4 is 5.69 Å². The lowest BCUT2D eigenvalue weighted by Gasteiger charge is -2.32. The summed E-state index contributed by atoms with van der Waals surface area (Å²) in [4.78, 5) is 5.18. The third-order valence-electron chi connectivity index (χ3n) is 3.23. The molecule has 100 valence electrons. The van der Waals surface area contributed by atoms with Crippen LogP contribution in [0.25, 0.3) is 0 Å². The van der Waals surface area contributed by atoms with Crippen molar-refractivity contribution < 1.29 is 17.6 Å². The Bertz CT molecular complexity index is 397. The van der Waals surface area contributed by atoms with Gasteiger partial charge in [0.1, 0.15) is 5.69 Å². The van der Waals surface area contributed by atoms with Crippen LogP contribution in [0.1, 0.15) is 18.5 Å². The van der Waals surface area contributed by atoms with Crippen LogP contribution in [0.4, 0.5) is 23.2 Å². The minimum atomic E-state index is -4.42. The highest BCUT2D eigenvalue weighted by atomic mass is 19.4. The number of nitrogens with zero attached hydrogens (tertiary/aromatic N) is 2. The Hall–Kier alpha value is -1.33. The van der Waals surface area contributed by atoms with E-state index in [-0.39, 0.29) is 12.6 Å². The van der Waals surface area contributed by atoms with Crippen molar-refractivity contribution in [3.8, 4) is 0 Å². The van der Waals surface area contributed by atoms with E-state index in [2.05, 4.69) is 4.98 Å². The molecule has 0 radical (unpaired) electrons. The summed E-state index contributed by atoms with van der Waals surface area (Å²) >= 11 is 0. The summed E-state index contributed by atoms with van der Waals surface area (Å²) in [5.41, 5.74) is -0.373. The monoisotopic (exact) mass is 262 g/mol. The van der Waals surface area contributed by atoms with Crippen molar-refractivity contribution in [2.24, 2.45) is 5.92 Å². The van der Waals surface area contributed by atoms with Crippen LogP contribution < -0.4 is 4.90 Å². The zero-order valence-corrected chi connectivity index (χ0v) is 9.75. The molecule has 0 N–H and O–H groups in total. The highest BCUT2D eigenvalue weighted by Gasteiger charge is 2.33. The standard InChI is InChI=1S/C12H14F4N2/c13-8-9-2-5-18(6-3-9)10-1-4-17-11(7-10)12(14,15)16/h1,4,7,9H,2-3,5-6,8H2. The van der Waals surface area contributed by atoms with Gasteiger partial charge in [0.15, 0.2) is 0 Å². The molecule has 1 aliphatic rings. The normalized spacial score (nSPS) is 18.1. The van der Waals surface area contributed by atoms with E-state index in [9.17, 15) is 17.6 Å². The van der Waals surface area contributed by atoms with Crippen molar-refractivity contribution in [3.05, 3.63) is 24.0 Å². The first-order valence-electron chi connectivity index (χ1n) is 5.85. The van der Waals surface area contributed by atoms with Crippen molar-refractivity contribution in [2.45, 2.75) is 19.0 Å². The van der Waals surface area contributed by atoms with Gasteiger partial charge in [-0.2, -0.15) is 13.2 Å². The maximum absolute atomic E-state index is 12.5. The molecule has 2 heterocycles. The summed E-state index contributed by atoms with van der Waals surface area (Å²) < 4.78 is 50.0. The number of piperidine rings is 1. The van der Waals surface area contributed by atoms with Gasteiger partial charge in [0.2, 0.25) is 0 Å². The Balaban J connectivity index is 2.10. The Labute approximate surface area is 103 Å². The van der Waals surface area contributed by atoms with Crippen molar-refractivity contribution in [1.29, 1.82) is 0 Å². The molecule has 2 rings (SSSR count). The summed E-state index contributed by atoms with van der Waals surface area (Å²) in [6, 6.07) is 2.61. The second-order valence-electron chi connectivity index (χ2n) is 4.48. The fraction of sp³-hybridized carbons (Fsp3) is 0.583. The predicted octanol–water partition coefficient (Wildman–Crippen LogP) is 3.29. The number of aromatic nitrogens is 1. The molecule has 0 saturated carbocycles. The van der Waals surface area contributed by atoms with Crippen LogP contribution in [0.3, 0.4) is 0 Å². The molecule has 0 amide bonds. The molecule has 2 nitrogen and oxygen atoms in total. The topological polar surface area (TPSA) is 16.1 Å². The van der Waals surface area contributed by atoms with Crippen LogP contribution in [-0.4, -0.2) is 24.7 Å².